The minimum absolute atomic E-state index is 0.159. The number of nitrogens with one attached hydrogen (secondary N) is 3. The summed E-state index contributed by atoms with van der Waals surface area (Å²) >= 11 is 0. The standard InChI is InChI=1S/C20H28FN3O5/c1-2-7-22-20(27)24-11-16-18(26)19-15(29-16)8-14(28-19)9-17(25)23-10-12-3-5-13(21)6-4-12/h3-6,14-16,18-19,26H,2,7-11H2,1H3,(H,23,25)(H2,22,24,27). The van der Waals surface area contributed by atoms with E-state index in [1.54, 1.807) is 12.1 Å². The van der Waals surface area contributed by atoms with Crippen LogP contribution in [0.25, 0.3) is 0 Å². The monoisotopic (exact) mass is 409 g/mol. The summed E-state index contributed by atoms with van der Waals surface area (Å²) < 4.78 is 24.5. The van der Waals surface area contributed by atoms with Gasteiger partial charge in [-0.3, -0.25) is 4.79 Å². The number of rotatable bonds is 8. The number of carbonyl (C=O) groups is 2. The molecule has 2 aliphatic rings. The minimum atomic E-state index is -0.862. The van der Waals surface area contributed by atoms with E-state index in [9.17, 15) is 19.1 Å². The molecule has 0 spiro atoms. The van der Waals surface area contributed by atoms with E-state index in [2.05, 4.69) is 16.0 Å². The molecule has 2 heterocycles. The van der Waals surface area contributed by atoms with Crippen LogP contribution in [0.4, 0.5) is 9.18 Å². The van der Waals surface area contributed by atoms with Gasteiger partial charge in [0.15, 0.2) is 0 Å². The third kappa shape index (κ3) is 5.88. The van der Waals surface area contributed by atoms with E-state index in [1.807, 2.05) is 6.92 Å². The van der Waals surface area contributed by atoms with Crippen molar-refractivity contribution in [2.75, 3.05) is 13.1 Å². The molecule has 8 nitrogen and oxygen atoms in total. The first-order valence-electron chi connectivity index (χ1n) is 9.98. The lowest BCUT2D eigenvalue weighted by molar-refractivity contribution is -0.124. The number of ether oxygens (including phenoxy) is 2. The second kappa shape index (κ2) is 10.00. The van der Waals surface area contributed by atoms with Crippen molar-refractivity contribution in [3.05, 3.63) is 35.6 Å². The first-order valence-corrected chi connectivity index (χ1v) is 9.98. The van der Waals surface area contributed by atoms with Gasteiger partial charge in [0.2, 0.25) is 5.91 Å². The molecule has 3 amide bonds. The molecule has 9 heteroatoms. The largest absolute Gasteiger partial charge is 0.388 e. The molecule has 1 aromatic carbocycles. The van der Waals surface area contributed by atoms with Crippen molar-refractivity contribution in [2.45, 2.75) is 63.3 Å². The van der Waals surface area contributed by atoms with E-state index in [0.717, 1.165) is 12.0 Å². The first kappa shape index (κ1) is 21.5. The Labute approximate surface area is 169 Å². The normalized spacial score (nSPS) is 28.0. The summed E-state index contributed by atoms with van der Waals surface area (Å²) in [7, 11) is 0. The zero-order valence-corrected chi connectivity index (χ0v) is 16.4. The van der Waals surface area contributed by atoms with Crippen molar-refractivity contribution in [2.24, 2.45) is 0 Å². The van der Waals surface area contributed by atoms with Gasteiger partial charge in [-0.15, -0.1) is 0 Å². The van der Waals surface area contributed by atoms with E-state index in [4.69, 9.17) is 9.47 Å². The Morgan fingerprint density at radius 1 is 1.17 bits per heavy atom. The average Bonchev–Trinajstić information content (AvgIpc) is 3.22. The number of amides is 3. The number of urea groups is 1. The molecule has 2 aliphatic heterocycles. The van der Waals surface area contributed by atoms with Crippen molar-refractivity contribution < 1.29 is 28.6 Å². The van der Waals surface area contributed by atoms with Crippen LogP contribution in [0.5, 0.6) is 0 Å². The number of aliphatic hydroxyl groups excluding tert-OH is 1. The van der Waals surface area contributed by atoms with Crippen molar-refractivity contribution >= 4 is 11.9 Å². The van der Waals surface area contributed by atoms with Gasteiger partial charge in [-0.2, -0.15) is 0 Å². The van der Waals surface area contributed by atoms with Crippen molar-refractivity contribution in [1.29, 1.82) is 0 Å². The summed E-state index contributed by atoms with van der Waals surface area (Å²) in [6.45, 7) is 3.04. The summed E-state index contributed by atoms with van der Waals surface area (Å²) in [6, 6.07) is 5.64. The van der Waals surface area contributed by atoms with Crippen molar-refractivity contribution in [3.63, 3.8) is 0 Å². The Morgan fingerprint density at radius 3 is 2.62 bits per heavy atom. The Bertz CT molecular complexity index is 702. The molecular weight excluding hydrogens is 381 g/mol. The lowest BCUT2D eigenvalue weighted by Gasteiger charge is -2.20. The predicted molar refractivity (Wildman–Crippen MR) is 103 cm³/mol. The summed E-state index contributed by atoms with van der Waals surface area (Å²) in [6.07, 6.45) is -1.04. The summed E-state index contributed by atoms with van der Waals surface area (Å²) in [4.78, 5) is 23.8. The van der Waals surface area contributed by atoms with Crippen molar-refractivity contribution in [1.82, 2.24) is 16.0 Å². The van der Waals surface area contributed by atoms with Gasteiger partial charge in [0.1, 0.15) is 24.1 Å². The van der Waals surface area contributed by atoms with Crippen LogP contribution in [0.1, 0.15) is 31.7 Å². The van der Waals surface area contributed by atoms with Gasteiger partial charge in [-0.25, -0.2) is 9.18 Å². The number of fused-ring (bicyclic) bond motifs is 1. The summed E-state index contributed by atoms with van der Waals surface area (Å²) in [5.41, 5.74) is 0.807. The van der Waals surface area contributed by atoms with Crippen LogP contribution in [-0.2, 0) is 20.8 Å². The molecule has 2 saturated heterocycles. The average molecular weight is 409 g/mol. The maximum Gasteiger partial charge on any atom is 0.314 e. The van der Waals surface area contributed by atoms with Gasteiger partial charge in [-0.05, 0) is 24.1 Å². The van der Waals surface area contributed by atoms with E-state index in [-0.39, 0.29) is 42.9 Å². The van der Waals surface area contributed by atoms with Crippen LogP contribution in [0.15, 0.2) is 24.3 Å². The van der Waals surface area contributed by atoms with Crippen LogP contribution in [0, 0.1) is 5.82 Å². The van der Waals surface area contributed by atoms with E-state index >= 15 is 0 Å². The fourth-order valence-electron chi connectivity index (χ4n) is 3.59. The quantitative estimate of drug-likeness (QED) is 0.509. The number of hydrogen-bond acceptors (Lipinski definition) is 5. The molecule has 1 aromatic rings. The van der Waals surface area contributed by atoms with E-state index in [0.29, 0.717) is 19.5 Å². The fraction of sp³-hybridized carbons (Fsp3) is 0.600. The van der Waals surface area contributed by atoms with Gasteiger partial charge >= 0.3 is 6.03 Å². The third-order valence-corrected chi connectivity index (χ3v) is 5.09. The molecule has 0 saturated carbocycles. The number of halogens is 1. The highest BCUT2D eigenvalue weighted by molar-refractivity contribution is 5.76. The van der Waals surface area contributed by atoms with Gasteiger partial charge in [0, 0.05) is 26.1 Å². The molecule has 0 aromatic heterocycles. The molecule has 2 fully saturated rings. The lowest BCUT2D eigenvalue weighted by atomic mass is 10.1. The molecule has 0 radical (unpaired) electrons. The van der Waals surface area contributed by atoms with Crippen LogP contribution >= 0.6 is 0 Å². The van der Waals surface area contributed by atoms with Crippen LogP contribution in [0.3, 0.4) is 0 Å². The number of hydrogen-bond donors (Lipinski definition) is 4. The maximum atomic E-state index is 12.9. The van der Waals surface area contributed by atoms with E-state index in [1.165, 1.54) is 12.1 Å². The second-order valence-electron chi connectivity index (χ2n) is 7.41. The molecule has 160 valence electrons. The summed E-state index contributed by atoms with van der Waals surface area (Å²) in [5, 5.41) is 18.6. The molecule has 0 bridgehead atoms. The van der Waals surface area contributed by atoms with Crippen LogP contribution in [-0.4, -0.2) is 60.7 Å². The van der Waals surface area contributed by atoms with E-state index < -0.39 is 18.3 Å². The van der Waals surface area contributed by atoms with Crippen molar-refractivity contribution in [3.8, 4) is 0 Å². The topological polar surface area (TPSA) is 109 Å². The molecule has 0 aliphatic carbocycles. The predicted octanol–water partition coefficient (Wildman–Crippen LogP) is 0.827. The van der Waals surface area contributed by atoms with Crippen LogP contribution in [0.2, 0.25) is 0 Å². The molecule has 3 rings (SSSR count). The van der Waals surface area contributed by atoms with Crippen LogP contribution < -0.4 is 16.0 Å². The molecule has 5 atom stereocenters. The smallest absolute Gasteiger partial charge is 0.314 e. The number of carbonyl (C=O) groups excluding carboxylic acids is 2. The molecular formula is C20H28FN3O5. The Kier molecular flexibility index (Phi) is 7.40. The van der Waals surface area contributed by atoms with Gasteiger partial charge in [0.25, 0.3) is 0 Å². The lowest BCUT2D eigenvalue weighted by Crippen LogP contribution is -2.44. The Balaban J connectivity index is 1.38. The highest BCUT2D eigenvalue weighted by atomic mass is 19.1. The zero-order chi connectivity index (χ0) is 20.8. The fourth-order valence-corrected chi connectivity index (χ4v) is 3.59. The SMILES string of the molecule is CCCNC(=O)NCC1OC2CC(CC(=O)NCc3ccc(F)cc3)OC2C1O. The number of benzene rings is 1. The zero-order valence-electron chi connectivity index (χ0n) is 16.4. The second-order valence-corrected chi connectivity index (χ2v) is 7.41. The molecule has 4 N–H and O–H groups in total. The molecule has 29 heavy (non-hydrogen) atoms. The first-order chi connectivity index (χ1) is 14.0. The Morgan fingerprint density at radius 2 is 1.93 bits per heavy atom. The highest BCUT2D eigenvalue weighted by Gasteiger charge is 2.50. The third-order valence-electron chi connectivity index (χ3n) is 5.09. The molecule has 5 unspecified atom stereocenters. The Hall–Kier alpha value is -2.23. The van der Waals surface area contributed by atoms with Gasteiger partial charge in [-0.1, -0.05) is 19.1 Å². The highest BCUT2D eigenvalue weighted by Crippen LogP contribution is 2.35. The minimum Gasteiger partial charge on any atom is -0.388 e. The van der Waals surface area contributed by atoms with Gasteiger partial charge < -0.3 is 30.5 Å². The number of aliphatic hydroxyl groups is 1. The van der Waals surface area contributed by atoms with Gasteiger partial charge in [0.05, 0.1) is 18.6 Å². The summed E-state index contributed by atoms with van der Waals surface area (Å²) in [5.74, 6) is -0.501. The maximum absolute atomic E-state index is 12.9.